The third-order valence-corrected chi connectivity index (χ3v) is 5.86. The van der Waals surface area contributed by atoms with Crippen molar-refractivity contribution in [3.63, 3.8) is 0 Å². The molecule has 2 atom stereocenters. The fourth-order valence-electron chi connectivity index (χ4n) is 3.40. The summed E-state index contributed by atoms with van der Waals surface area (Å²) in [5.41, 5.74) is 1.84. The third kappa shape index (κ3) is 3.81. The molecule has 1 aromatic rings. The molecule has 0 saturated carbocycles. The van der Waals surface area contributed by atoms with Crippen LogP contribution in [0.1, 0.15) is 18.4 Å². The van der Waals surface area contributed by atoms with Gasteiger partial charge in [0, 0.05) is 42.4 Å². The molecule has 4 heteroatoms. The van der Waals surface area contributed by atoms with Crippen molar-refractivity contribution in [1.82, 2.24) is 5.32 Å². The predicted octanol–water partition coefficient (Wildman–Crippen LogP) is 2.74. The van der Waals surface area contributed by atoms with Crippen LogP contribution in [0.15, 0.2) is 29.2 Å². The quantitative estimate of drug-likeness (QED) is 0.785. The van der Waals surface area contributed by atoms with Gasteiger partial charge in [0.15, 0.2) is 0 Å². The van der Waals surface area contributed by atoms with Crippen molar-refractivity contribution < 1.29 is 9.47 Å². The van der Waals surface area contributed by atoms with Crippen LogP contribution in [0.25, 0.3) is 0 Å². The van der Waals surface area contributed by atoms with E-state index in [-0.39, 0.29) is 0 Å². The molecule has 1 aromatic carbocycles. The topological polar surface area (TPSA) is 30.5 Å². The highest BCUT2D eigenvalue weighted by molar-refractivity contribution is 8.00. The molecule has 2 aliphatic heterocycles. The summed E-state index contributed by atoms with van der Waals surface area (Å²) in [6, 6.07) is 8.84. The van der Waals surface area contributed by atoms with Gasteiger partial charge in [0.1, 0.15) is 0 Å². The summed E-state index contributed by atoms with van der Waals surface area (Å²) in [4.78, 5) is 1.48. The number of rotatable bonds is 7. The first-order chi connectivity index (χ1) is 10.3. The van der Waals surface area contributed by atoms with Gasteiger partial charge in [-0.25, -0.2) is 0 Å². The first-order valence-corrected chi connectivity index (χ1v) is 8.71. The average molecular weight is 307 g/mol. The van der Waals surface area contributed by atoms with Crippen LogP contribution in [0.2, 0.25) is 0 Å². The van der Waals surface area contributed by atoms with E-state index in [1.165, 1.54) is 29.7 Å². The average Bonchev–Trinajstić information content (AvgIpc) is 3.10. The second kappa shape index (κ2) is 7.14. The monoisotopic (exact) mass is 307 g/mol. The lowest BCUT2D eigenvalue weighted by Gasteiger charge is -2.30. The van der Waals surface area contributed by atoms with Gasteiger partial charge in [-0.1, -0.05) is 18.2 Å². The summed E-state index contributed by atoms with van der Waals surface area (Å²) >= 11 is 2.06. The number of thioether (sulfide) groups is 1. The normalized spacial score (nSPS) is 28.0. The molecular formula is C17H25NO2S. The Labute approximate surface area is 131 Å². The number of ether oxygens (including phenoxy) is 2. The van der Waals surface area contributed by atoms with E-state index in [0.29, 0.717) is 10.7 Å². The fourth-order valence-corrected chi connectivity index (χ4v) is 4.92. The molecule has 0 bridgehead atoms. The zero-order valence-corrected chi connectivity index (χ0v) is 13.6. The van der Waals surface area contributed by atoms with E-state index < -0.39 is 0 Å². The maximum atomic E-state index is 5.72. The van der Waals surface area contributed by atoms with Crippen LogP contribution >= 0.6 is 11.8 Å². The minimum atomic E-state index is 0.313. The smallest absolute Gasteiger partial charge is 0.0587 e. The van der Waals surface area contributed by atoms with Gasteiger partial charge in [-0.15, -0.1) is 11.8 Å². The first-order valence-electron chi connectivity index (χ1n) is 7.83. The van der Waals surface area contributed by atoms with E-state index in [1.54, 1.807) is 7.11 Å². The van der Waals surface area contributed by atoms with Gasteiger partial charge in [-0.2, -0.15) is 0 Å². The Morgan fingerprint density at radius 3 is 3.10 bits per heavy atom. The molecule has 2 unspecified atom stereocenters. The van der Waals surface area contributed by atoms with Crippen molar-refractivity contribution in [3.8, 4) is 0 Å². The Morgan fingerprint density at radius 2 is 2.33 bits per heavy atom. The number of hydrogen-bond donors (Lipinski definition) is 1. The second-order valence-electron chi connectivity index (χ2n) is 6.23. The zero-order chi connectivity index (χ0) is 14.5. The molecule has 0 spiro atoms. The highest BCUT2D eigenvalue weighted by Gasteiger charge is 2.38. The standard InChI is InChI=1S/C17H25NO2S/c1-19-9-7-18-12-17(6-8-20-13-17)11-15-10-14-4-2-3-5-16(14)21-15/h2-5,15,18H,6-13H2,1H3. The zero-order valence-electron chi connectivity index (χ0n) is 12.8. The molecule has 1 saturated heterocycles. The van der Waals surface area contributed by atoms with Crippen LogP contribution < -0.4 is 5.32 Å². The fraction of sp³-hybridized carbons (Fsp3) is 0.647. The van der Waals surface area contributed by atoms with Crippen molar-refractivity contribution in [3.05, 3.63) is 29.8 Å². The van der Waals surface area contributed by atoms with Crippen molar-refractivity contribution in [2.45, 2.75) is 29.4 Å². The van der Waals surface area contributed by atoms with Gasteiger partial charge < -0.3 is 14.8 Å². The lowest BCUT2D eigenvalue weighted by molar-refractivity contribution is 0.139. The van der Waals surface area contributed by atoms with E-state index in [4.69, 9.17) is 9.47 Å². The minimum Gasteiger partial charge on any atom is -0.383 e. The summed E-state index contributed by atoms with van der Waals surface area (Å²) in [7, 11) is 1.75. The Balaban J connectivity index is 1.56. The van der Waals surface area contributed by atoms with Gasteiger partial charge in [0.2, 0.25) is 0 Å². The van der Waals surface area contributed by atoms with Gasteiger partial charge >= 0.3 is 0 Å². The number of nitrogens with one attached hydrogen (secondary N) is 1. The Bertz CT molecular complexity index is 435. The largest absolute Gasteiger partial charge is 0.383 e. The summed E-state index contributed by atoms with van der Waals surface area (Å²) < 4.78 is 10.8. The summed E-state index contributed by atoms with van der Waals surface area (Å²) in [5.74, 6) is 0. The highest BCUT2D eigenvalue weighted by Crippen LogP contribution is 2.44. The van der Waals surface area contributed by atoms with E-state index in [1.807, 2.05) is 0 Å². The van der Waals surface area contributed by atoms with Gasteiger partial charge in [-0.3, -0.25) is 0 Å². The molecule has 0 radical (unpaired) electrons. The maximum absolute atomic E-state index is 5.72. The van der Waals surface area contributed by atoms with E-state index in [0.717, 1.165) is 32.9 Å². The summed E-state index contributed by atoms with van der Waals surface area (Å²) in [5, 5.41) is 4.25. The molecule has 0 aliphatic carbocycles. The minimum absolute atomic E-state index is 0.313. The maximum Gasteiger partial charge on any atom is 0.0587 e. The predicted molar refractivity (Wildman–Crippen MR) is 87.0 cm³/mol. The number of hydrogen-bond acceptors (Lipinski definition) is 4. The number of methoxy groups -OCH3 is 1. The molecule has 2 aliphatic rings. The van der Waals surface area contributed by atoms with Crippen molar-refractivity contribution in [2.24, 2.45) is 5.41 Å². The number of fused-ring (bicyclic) bond motifs is 1. The van der Waals surface area contributed by atoms with Crippen LogP contribution in [0, 0.1) is 5.41 Å². The SMILES string of the molecule is COCCNCC1(CC2Cc3ccccc3S2)CCOC1. The first kappa shape index (κ1) is 15.3. The van der Waals surface area contributed by atoms with E-state index in [9.17, 15) is 0 Å². The lowest BCUT2D eigenvalue weighted by atomic mass is 9.81. The molecule has 0 aromatic heterocycles. The Morgan fingerprint density at radius 1 is 1.43 bits per heavy atom. The molecule has 3 rings (SSSR count). The summed E-state index contributed by atoms with van der Waals surface area (Å²) in [6.45, 7) is 4.57. The van der Waals surface area contributed by atoms with Gasteiger partial charge in [-0.05, 0) is 30.9 Å². The van der Waals surface area contributed by atoms with Crippen molar-refractivity contribution in [1.29, 1.82) is 0 Å². The van der Waals surface area contributed by atoms with Crippen LogP contribution in [-0.4, -0.2) is 45.3 Å². The van der Waals surface area contributed by atoms with Crippen molar-refractivity contribution in [2.75, 3.05) is 40.0 Å². The lowest BCUT2D eigenvalue weighted by Crippen LogP contribution is -2.38. The highest BCUT2D eigenvalue weighted by atomic mass is 32.2. The molecule has 21 heavy (non-hydrogen) atoms. The number of benzene rings is 1. The van der Waals surface area contributed by atoms with Crippen LogP contribution in [0.4, 0.5) is 0 Å². The molecule has 0 amide bonds. The van der Waals surface area contributed by atoms with E-state index in [2.05, 4.69) is 41.3 Å². The second-order valence-corrected chi connectivity index (χ2v) is 7.57. The Hall–Kier alpha value is -0.550. The van der Waals surface area contributed by atoms with Gasteiger partial charge in [0.05, 0.1) is 13.2 Å². The molecule has 116 valence electrons. The van der Waals surface area contributed by atoms with Gasteiger partial charge in [0.25, 0.3) is 0 Å². The molecule has 2 heterocycles. The van der Waals surface area contributed by atoms with Crippen molar-refractivity contribution >= 4 is 11.8 Å². The van der Waals surface area contributed by atoms with Crippen LogP contribution in [0.5, 0.6) is 0 Å². The molecule has 1 N–H and O–H groups in total. The molecule has 1 fully saturated rings. The molecule has 3 nitrogen and oxygen atoms in total. The van der Waals surface area contributed by atoms with Crippen LogP contribution in [0.3, 0.4) is 0 Å². The summed E-state index contributed by atoms with van der Waals surface area (Å²) in [6.07, 6.45) is 3.63. The third-order valence-electron chi connectivity index (χ3n) is 4.54. The Kier molecular flexibility index (Phi) is 5.22. The molecular weight excluding hydrogens is 282 g/mol. The van der Waals surface area contributed by atoms with Crippen LogP contribution in [-0.2, 0) is 15.9 Å². The van der Waals surface area contributed by atoms with E-state index >= 15 is 0 Å².